The highest BCUT2D eigenvalue weighted by Crippen LogP contribution is 2.32. The lowest BCUT2D eigenvalue weighted by atomic mass is 10.2. The van der Waals surface area contributed by atoms with E-state index in [2.05, 4.69) is 9.97 Å². The standard InChI is InChI=1S/C10H5F3N2OS/c11-10(12,13)9-15-5-7(17-9)8(16)6-2-1-3-14-4-6/h1-5H. The Morgan fingerprint density at radius 1 is 1.29 bits per heavy atom. The van der Waals surface area contributed by atoms with Gasteiger partial charge in [-0.25, -0.2) is 4.98 Å². The van der Waals surface area contributed by atoms with E-state index in [0.717, 1.165) is 6.20 Å². The van der Waals surface area contributed by atoms with Gasteiger partial charge in [0.05, 0.1) is 4.88 Å². The van der Waals surface area contributed by atoms with E-state index in [1.807, 2.05) is 0 Å². The lowest BCUT2D eigenvalue weighted by Crippen LogP contribution is -2.03. The molecule has 0 aliphatic rings. The van der Waals surface area contributed by atoms with Gasteiger partial charge in [-0.05, 0) is 12.1 Å². The molecule has 0 bridgehead atoms. The van der Waals surface area contributed by atoms with E-state index < -0.39 is 17.0 Å². The molecule has 2 aromatic heterocycles. The maximum atomic E-state index is 12.3. The van der Waals surface area contributed by atoms with Crippen molar-refractivity contribution in [2.45, 2.75) is 6.18 Å². The minimum absolute atomic E-state index is 0.0506. The molecule has 3 nitrogen and oxygen atoms in total. The molecule has 17 heavy (non-hydrogen) atoms. The minimum Gasteiger partial charge on any atom is -0.288 e. The van der Waals surface area contributed by atoms with Gasteiger partial charge in [0.15, 0.2) is 5.01 Å². The third-order valence-electron chi connectivity index (χ3n) is 1.90. The molecule has 2 rings (SSSR count). The summed E-state index contributed by atoms with van der Waals surface area (Å²) in [5, 5.41) is -1.02. The number of rotatable bonds is 2. The lowest BCUT2D eigenvalue weighted by Gasteiger charge is -1.99. The fourth-order valence-electron chi connectivity index (χ4n) is 1.15. The van der Waals surface area contributed by atoms with Crippen LogP contribution in [0.4, 0.5) is 13.2 Å². The van der Waals surface area contributed by atoms with Crippen LogP contribution in [0.3, 0.4) is 0 Å². The summed E-state index contributed by atoms with van der Waals surface area (Å²) in [6.45, 7) is 0. The van der Waals surface area contributed by atoms with Crippen LogP contribution in [0.25, 0.3) is 0 Å². The summed E-state index contributed by atoms with van der Waals surface area (Å²) in [6.07, 6.45) is -0.805. The molecule has 88 valence electrons. The maximum Gasteiger partial charge on any atom is 0.443 e. The second kappa shape index (κ2) is 4.25. The molecule has 2 heterocycles. The van der Waals surface area contributed by atoms with Gasteiger partial charge in [0, 0.05) is 24.2 Å². The van der Waals surface area contributed by atoms with Crippen LogP contribution in [0.5, 0.6) is 0 Å². The van der Waals surface area contributed by atoms with Gasteiger partial charge < -0.3 is 0 Å². The molecule has 0 atom stereocenters. The van der Waals surface area contributed by atoms with Gasteiger partial charge in [0.25, 0.3) is 0 Å². The lowest BCUT2D eigenvalue weighted by molar-refractivity contribution is -0.137. The quantitative estimate of drug-likeness (QED) is 0.778. The van der Waals surface area contributed by atoms with E-state index in [1.165, 1.54) is 18.5 Å². The van der Waals surface area contributed by atoms with E-state index in [1.54, 1.807) is 6.07 Å². The first-order valence-corrected chi connectivity index (χ1v) is 5.28. The molecule has 0 radical (unpaired) electrons. The number of ketones is 1. The number of pyridine rings is 1. The minimum atomic E-state index is -4.52. The van der Waals surface area contributed by atoms with Crippen molar-refractivity contribution in [3.05, 3.63) is 46.2 Å². The summed E-state index contributed by atoms with van der Waals surface area (Å²) < 4.78 is 36.9. The maximum absolute atomic E-state index is 12.3. The monoisotopic (exact) mass is 258 g/mol. The van der Waals surface area contributed by atoms with Crippen molar-refractivity contribution in [1.29, 1.82) is 0 Å². The van der Waals surface area contributed by atoms with Gasteiger partial charge in [-0.1, -0.05) is 0 Å². The molecular weight excluding hydrogens is 253 g/mol. The third kappa shape index (κ3) is 2.50. The van der Waals surface area contributed by atoms with Crippen molar-refractivity contribution in [1.82, 2.24) is 9.97 Å². The highest BCUT2D eigenvalue weighted by atomic mass is 32.1. The zero-order chi connectivity index (χ0) is 12.5. The predicted octanol–water partition coefficient (Wildman–Crippen LogP) is 2.79. The van der Waals surface area contributed by atoms with E-state index in [0.29, 0.717) is 11.3 Å². The smallest absolute Gasteiger partial charge is 0.288 e. The number of alkyl halides is 3. The molecule has 0 fully saturated rings. The Labute approximate surface area is 98.0 Å². The second-order valence-corrected chi connectivity index (χ2v) is 4.13. The molecule has 0 saturated carbocycles. The number of carbonyl (C=O) groups excluding carboxylic acids is 1. The number of hydrogen-bond acceptors (Lipinski definition) is 4. The Morgan fingerprint density at radius 2 is 2.06 bits per heavy atom. The zero-order valence-corrected chi connectivity index (χ0v) is 9.05. The summed E-state index contributed by atoms with van der Waals surface area (Å²) in [6, 6.07) is 3.03. The van der Waals surface area contributed by atoms with Crippen molar-refractivity contribution in [2.75, 3.05) is 0 Å². The number of thiazole rings is 1. The van der Waals surface area contributed by atoms with Gasteiger partial charge >= 0.3 is 6.18 Å². The molecule has 0 N–H and O–H groups in total. The Bertz CT molecular complexity index is 536. The number of halogens is 3. The molecule has 0 aromatic carbocycles. The number of aromatic nitrogens is 2. The zero-order valence-electron chi connectivity index (χ0n) is 8.23. The molecule has 7 heteroatoms. The molecule has 0 aliphatic heterocycles. The van der Waals surface area contributed by atoms with Crippen LogP contribution < -0.4 is 0 Å². The van der Waals surface area contributed by atoms with Crippen molar-refractivity contribution >= 4 is 17.1 Å². The van der Waals surface area contributed by atoms with Gasteiger partial charge in [0.1, 0.15) is 0 Å². The SMILES string of the molecule is O=C(c1cccnc1)c1cnc(C(F)(F)F)s1. The molecule has 0 saturated heterocycles. The fraction of sp³-hybridized carbons (Fsp3) is 0.100. The van der Waals surface area contributed by atoms with Crippen LogP contribution in [-0.2, 0) is 6.18 Å². The topological polar surface area (TPSA) is 42.9 Å². The summed E-state index contributed by atoms with van der Waals surface area (Å²) in [7, 11) is 0. The molecule has 0 spiro atoms. The molecule has 0 amide bonds. The summed E-state index contributed by atoms with van der Waals surface area (Å²) >= 11 is 0.329. The van der Waals surface area contributed by atoms with E-state index >= 15 is 0 Å². The van der Waals surface area contributed by atoms with Gasteiger partial charge in [-0.2, -0.15) is 13.2 Å². The van der Waals surface area contributed by atoms with Crippen LogP contribution in [0.1, 0.15) is 20.2 Å². The van der Waals surface area contributed by atoms with Gasteiger partial charge in [-0.3, -0.25) is 9.78 Å². The Hall–Kier alpha value is -1.76. The van der Waals surface area contributed by atoms with Crippen molar-refractivity contribution in [2.24, 2.45) is 0 Å². The second-order valence-electron chi connectivity index (χ2n) is 3.10. The van der Waals surface area contributed by atoms with E-state index in [-0.39, 0.29) is 10.4 Å². The van der Waals surface area contributed by atoms with Crippen LogP contribution in [0.15, 0.2) is 30.7 Å². The summed E-state index contributed by atoms with van der Waals surface area (Å²) in [5.41, 5.74) is 0.241. The number of carbonyl (C=O) groups is 1. The van der Waals surface area contributed by atoms with Crippen LogP contribution in [0, 0.1) is 0 Å². The first-order chi connectivity index (χ1) is 7.98. The van der Waals surface area contributed by atoms with Crippen molar-refractivity contribution in [3.63, 3.8) is 0 Å². The van der Waals surface area contributed by atoms with Crippen LogP contribution in [0.2, 0.25) is 0 Å². The first kappa shape index (κ1) is 11.7. The summed E-state index contributed by atoms with van der Waals surface area (Å²) in [4.78, 5) is 18.6. The average molecular weight is 258 g/mol. The van der Waals surface area contributed by atoms with Crippen molar-refractivity contribution < 1.29 is 18.0 Å². The molecular formula is C10H5F3N2OS. The number of hydrogen-bond donors (Lipinski definition) is 0. The molecule has 0 unspecified atom stereocenters. The van der Waals surface area contributed by atoms with E-state index in [9.17, 15) is 18.0 Å². The van der Waals surface area contributed by atoms with E-state index in [4.69, 9.17) is 0 Å². The summed E-state index contributed by atoms with van der Waals surface area (Å²) in [5.74, 6) is -0.508. The van der Waals surface area contributed by atoms with Crippen LogP contribution >= 0.6 is 11.3 Å². The number of nitrogens with zero attached hydrogens (tertiary/aromatic N) is 2. The Balaban J connectivity index is 2.30. The molecule has 2 aromatic rings. The first-order valence-electron chi connectivity index (χ1n) is 4.46. The van der Waals surface area contributed by atoms with Gasteiger partial charge in [0.2, 0.25) is 5.78 Å². The normalized spacial score (nSPS) is 11.5. The highest BCUT2D eigenvalue weighted by molar-refractivity contribution is 7.13. The largest absolute Gasteiger partial charge is 0.443 e. The highest BCUT2D eigenvalue weighted by Gasteiger charge is 2.35. The fourth-order valence-corrected chi connectivity index (χ4v) is 1.89. The van der Waals surface area contributed by atoms with Crippen molar-refractivity contribution in [3.8, 4) is 0 Å². The predicted molar refractivity (Wildman–Crippen MR) is 54.8 cm³/mol. The van der Waals surface area contributed by atoms with Crippen LogP contribution in [-0.4, -0.2) is 15.8 Å². The average Bonchev–Trinajstić information content (AvgIpc) is 2.78. The Morgan fingerprint density at radius 3 is 2.59 bits per heavy atom. The van der Waals surface area contributed by atoms with Gasteiger partial charge in [-0.15, -0.1) is 11.3 Å². The Kier molecular flexibility index (Phi) is 2.93. The third-order valence-corrected chi connectivity index (χ3v) is 2.94. The molecule has 0 aliphatic carbocycles.